The van der Waals surface area contributed by atoms with Gasteiger partial charge < -0.3 is 4.79 Å². The number of allylic oxidation sites excluding steroid dienone is 2. The van der Waals surface area contributed by atoms with Crippen LogP contribution in [0.25, 0.3) is 0 Å². The Morgan fingerprint density at radius 3 is 1.56 bits per heavy atom. The van der Waals surface area contributed by atoms with Gasteiger partial charge in [-0.25, -0.2) is 0 Å². The van der Waals surface area contributed by atoms with Gasteiger partial charge in [-0.15, -0.1) is 0 Å². The summed E-state index contributed by atoms with van der Waals surface area (Å²) in [5, 5.41) is 0. The molecule has 0 aliphatic carbocycles. The largest absolute Gasteiger partial charge is 0.307 e. The fourth-order valence-corrected chi connectivity index (χ4v) is 0.407. The highest BCUT2D eigenvalue weighted by Gasteiger charge is 1.80. The van der Waals surface area contributed by atoms with Crippen LogP contribution in [0.5, 0.6) is 0 Å². The molecule has 0 aliphatic rings. The summed E-state index contributed by atoms with van der Waals surface area (Å²) in [5.74, 6) is 0.125. The minimum absolute atomic E-state index is 0.125. The average Bonchev–Trinajstić information content (AvgIpc) is 1.68. The molecule has 0 aromatic heterocycles. The molecule has 0 aliphatic heterocycles. The quantitative estimate of drug-likeness (QED) is 0.499. The number of carbonyl (C=O) groups excluding carboxylic acids is 2. The number of rotatable bonds is 1. The van der Waals surface area contributed by atoms with E-state index in [1.165, 1.54) is 0 Å². The van der Waals surface area contributed by atoms with E-state index >= 15 is 0 Å². The van der Waals surface area contributed by atoms with Crippen LogP contribution in [-0.4, -0.2) is 12.6 Å². The lowest BCUT2D eigenvalue weighted by atomic mass is 10.3. The van der Waals surface area contributed by atoms with Crippen molar-refractivity contribution in [3.63, 3.8) is 0 Å². The second-order valence-electron chi connectivity index (χ2n) is 1.83. The summed E-state index contributed by atoms with van der Waals surface area (Å²) in [7, 11) is 0. The summed E-state index contributed by atoms with van der Waals surface area (Å²) in [6, 6.07) is 0. The maximum absolute atomic E-state index is 10.2. The zero-order valence-corrected chi connectivity index (χ0v) is 6.10. The molecule has 0 radical (unpaired) electrons. The first kappa shape index (κ1) is 11.0. The van der Waals surface area contributed by atoms with Gasteiger partial charge >= 0.3 is 0 Å². The van der Waals surface area contributed by atoms with E-state index in [-0.39, 0.29) is 5.78 Å². The maximum atomic E-state index is 10.2. The van der Waals surface area contributed by atoms with E-state index in [1.807, 2.05) is 20.6 Å². The van der Waals surface area contributed by atoms with Gasteiger partial charge in [-0.2, -0.15) is 0 Å². The van der Waals surface area contributed by atoms with Crippen LogP contribution < -0.4 is 0 Å². The summed E-state index contributed by atoms with van der Waals surface area (Å²) >= 11 is 0. The van der Waals surface area contributed by atoms with Crippen LogP contribution in [0.3, 0.4) is 0 Å². The highest BCUT2D eigenvalue weighted by Crippen LogP contribution is 1.86. The van der Waals surface area contributed by atoms with Crippen molar-refractivity contribution < 1.29 is 9.59 Å². The standard InChI is InChI=1S/C6H10O.CH2O/c1-5(2)4-6(3)7;1-2/h4H,1-3H3;1H2. The van der Waals surface area contributed by atoms with Gasteiger partial charge in [0.25, 0.3) is 0 Å². The summed E-state index contributed by atoms with van der Waals surface area (Å²) in [6.45, 7) is 7.36. The topological polar surface area (TPSA) is 34.1 Å². The third-order valence-electron chi connectivity index (χ3n) is 0.492. The Balaban J connectivity index is 0. The molecule has 0 unspecified atom stereocenters. The van der Waals surface area contributed by atoms with Gasteiger partial charge in [0.15, 0.2) is 5.78 Å². The normalized spacial score (nSPS) is 6.56. The Bertz CT molecular complexity index is 110. The van der Waals surface area contributed by atoms with Crippen LogP contribution >= 0.6 is 0 Å². The van der Waals surface area contributed by atoms with Crippen LogP contribution in [0.15, 0.2) is 11.6 Å². The first-order valence-corrected chi connectivity index (χ1v) is 2.57. The molecule has 0 rings (SSSR count). The molecule has 0 fully saturated rings. The van der Waals surface area contributed by atoms with Gasteiger partial charge in [-0.1, -0.05) is 5.57 Å². The monoisotopic (exact) mass is 128 g/mol. The fraction of sp³-hybridized carbons (Fsp3) is 0.429. The molecule has 0 atom stereocenters. The van der Waals surface area contributed by atoms with Crippen molar-refractivity contribution in [3.05, 3.63) is 11.6 Å². The van der Waals surface area contributed by atoms with Crippen LogP contribution in [0.2, 0.25) is 0 Å². The molecule has 0 saturated heterocycles. The summed E-state index contributed by atoms with van der Waals surface area (Å²) in [6.07, 6.45) is 1.61. The third-order valence-corrected chi connectivity index (χ3v) is 0.492. The van der Waals surface area contributed by atoms with Crippen molar-refractivity contribution in [2.24, 2.45) is 0 Å². The molecule has 2 nitrogen and oxygen atoms in total. The molecular weight excluding hydrogens is 116 g/mol. The smallest absolute Gasteiger partial charge is 0.152 e. The summed E-state index contributed by atoms with van der Waals surface area (Å²) in [4.78, 5) is 18.2. The molecule has 0 saturated carbocycles. The van der Waals surface area contributed by atoms with E-state index in [9.17, 15) is 4.79 Å². The molecule has 0 aromatic carbocycles. The highest BCUT2D eigenvalue weighted by atomic mass is 16.1. The molecular formula is C7H12O2. The Labute approximate surface area is 55.6 Å². The van der Waals surface area contributed by atoms with E-state index < -0.39 is 0 Å². The molecule has 2 heteroatoms. The van der Waals surface area contributed by atoms with Gasteiger partial charge in [0.05, 0.1) is 0 Å². The van der Waals surface area contributed by atoms with E-state index in [4.69, 9.17) is 4.79 Å². The second kappa shape index (κ2) is 7.08. The fourth-order valence-electron chi connectivity index (χ4n) is 0.407. The highest BCUT2D eigenvalue weighted by molar-refractivity contribution is 5.87. The van der Waals surface area contributed by atoms with E-state index in [0.29, 0.717) is 0 Å². The minimum Gasteiger partial charge on any atom is -0.307 e. The first-order chi connectivity index (χ1) is 4.13. The Hall–Kier alpha value is -0.920. The molecule has 52 valence electrons. The molecule has 0 spiro atoms. The maximum Gasteiger partial charge on any atom is 0.152 e. The SMILES string of the molecule is C=O.CC(=O)C=C(C)C. The predicted molar refractivity (Wildman–Crippen MR) is 37.2 cm³/mol. The van der Waals surface area contributed by atoms with Crippen LogP contribution in [-0.2, 0) is 9.59 Å². The number of ketones is 1. The van der Waals surface area contributed by atoms with Crippen molar-refractivity contribution in [2.75, 3.05) is 0 Å². The van der Waals surface area contributed by atoms with E-state index in [0.717, 1.165) is 5.57 Å². The third kappa shape index (κ3) is 19.3. The summed E-state index contributed by atoms with van der Waals surface area (Å²) in [5.41, 5.74) is 1.06. The van der Waals surface area contributed by atoms with Crippen LogP contribution in [0.4, 0.5) is 0 Å². The lowest BCUT2D eigenvalue weighted by Gasteiger charge is -1.80. The Kier molecular flexibility index (Phi) is 8.62. The minimum atomic E-state index is 0.125. The number of carbonyl (C=O) groups is 2. The molecule has 0 amide bonds. The lowest BCUT2D eigenvalue weighted by molar-refractivity contribution is -0.112. The molecule has 9 heavy (non-hydrogen) atoms. The zero-order valence-electron chi connectivity index (χ0n) is 6.10. The molecule has 0 aromatic rings. The van der Waals surface area contributed by atoms with Crippen molar-refractivity contribution in [3.8, 4) is 0 Å². The van der Waals surface area contributed by atoms with Gasteiger partial charge in [0.2, 0.25) is 0 Å². The molecule has 0 bridgehead atoms. The second-order valence-corrected chi connectivity index (χ2v) is 1.83. The van der Waals surface area contributed by atoms with Crippen molar-refractivity contribution in [2.45, 2.75) is 20.8 Å². The molecule has 0 N–H and O–H groups in total. The summed E-state index contributed by atoms with van der Waals surface area (Å²) < 4.78 is 0. The van der Waals surface area contributed by atoms with Crippen molar-refractivity contribution in [1.82, 2.24) is 0 Å². The van der Waals surface area contributed by atoms with E-state index in [2.05, 4.69) is 0 Å². The van der Waals surface area contributed by atoms with Crippen LogP contribution in [0.1, 0.15) is 20.8 Å². The lowest BCUT2D eigenvalue weighted by Crippen LogP contribution is -1.80. The average molecular weight is 128 g/mol. The van der Waals surface area contributed by atoms with Crippen LogP contribution in [0, 0.1) is 0 Å². The van der Waals surface area contributed by atoms with Crippen molar-refractivity contribution >= 4 is 12.6 Å². The van der Waals surface area contributed by atoms with Gasteiger partial charge in [0.1, 0.15) is 6.79 Å². The molecule has 0 heterocycles. The number of hydrogen-bond donors (Lipinski definition) is 0. The Morgan fingerprint density at radius 1 is 1.22 bits per heavy atom. The zero-order chi connectivity index (χ0) is 7.86. The Morgan fingerprint density at radius 2 is 1.56 bits per heavy atom. The first-order valence-electron chi connectivity index (χ1n) is 2.57. The van der Waals surface area contributed by atoms with E-state index in [1.54, 1.807) is 13.0 Å². The van der Waals surface area contributed by atoms with Gasteiger partial charge in [0, 0.05) is 0 Å². The van der Waals surface area contributed by atoms with Crippen molar-refractivity contribution in [1.29, 1.82) is 0 Å². The predicted octanol–water partition coefficient (Wildman–Crippen LogP) is 1.36. The van der Waals surface area contributed by atoms with Gasteiger partial charge in [-0.05, 0) is 26.8 Å². The van der Waals surface area contributed by atoms with Gasteiger partial charge in [-0.3, -0.25) is 4.79 Å². The number of hydrogen-bond acceptors (Lipinski definition) is 2.